The van der Waals surface area contributed by atoms with E-state index in [0.717, 1.165) is 73.1 Å². The van der Waals surface area contributed by atoms with E-state index in [1.165, 1.54) is 70.7 Å². The highest BCUT2D eigenvalue weighted by atomic mass is 15.3. The predicted molar refractivity (Wildman–Crippen MR) is 328 cm³/mol. The number of benzene rings is 11. The number of rotatable bonds is 7. The van der Waals surface area contributed by atoms with Gasteiger partial charge in [0.2, 0.25) is 5.95 Å². The third kappa shape index (κ3) is 6.12. The Bertz CT molecular complexity index is 5370. The first-order valence-electron chi connectivity index (χ1n) is 27.4. The molecule has 1 atom stereocenters. The summed E-state index contributed by atoms with van der Waals surface area (Å²) in [5.74, 6) is 1.76. The van der Waals surface area contributed by atoms with Crippen LogP contribution in [-0.2, 0) is 0 Å². The monoisotopic (exact) mass is 1020 g/mol. The number of hydrogen-bond acceptors (Lipinski definition) is 4. The minimum Gasteiger partial charge on any atom is -0.321 e. The lowest BCUT2D eigenvalue weighted by Crippen LogP contribution is -2.06. The van der Waals surface area contributed by atoms with Crippen molar-refractivity contribution in [3.05, 3.63) is 249 Å². The molecule has 7 heterocycles. The average molecular weight is 1020 g/mol. The molecule has 18 rings (SSSR count). The van der Waals surface area contributed by atoms with E-state index in [-0.39, 0.29) is 6.17 Å². The Labute approximate surface area is 457 Å². The maximum Gasteiger partial charge on any atom is 0.238 e. The number of para-hydroxylation sites is 5. The van der Waals surface area contributed by atoms with Gasteiger partial charge in [0.15, 0.2) is 11.6 Å². The Balaban J connectivity index is 0.970. The van der Waals surface area contributed by atoms with Crippen LogP contribution in [0.15, 0.2) is 249 Å². The lowest BCUT2D eigenvalue weighted by atomic mass is 10.1. The molecule has 9 nitrogen and oxygen atoms in total. The summed E-state index contributed by atoms with van der Waals surface area (Å²) in [6.07, 6.45) is 0.214. The van der Waals surface area contributed by atoms with E-state index in [0.29, 0.717) is 17.6 Å². The van der Waals surface area contributed by atoms with Gasteiger partial charge < -0.3 is 18.3 Å². The van der Waals surface area contributed by atoms with Crippen LogP contribution in [0, 0.1) is 0 Å². The molecule has 1 saturated heterocycles. The molecule has 11 aromatic carbocycles. The molecule has 6 aromatic heterocycles. The molecule has 0 saturated carbocycles. The van der Waals surface area contributed by atoms with Crippen molar-refractivity contribution in [2.75, 3.05) is 6.54 Å². The highest BCUT2D eigenvalue weighted by molar-refractivity contribution is 6.25. The Kier molecular flexibility index (Phi) is 8.94. The molecule has 1 fully saturated rings. The molecule has 0 aliphatic carbocycles. The van der Waals surface area contributed by atoms with Gasteiger partial charge in [-0.2, -0.15) is 9.97 Å². The first kappa shape index (κ1) is 43.5. The Morgan fingerprint density at radius 1 is 0.287 bits per heavy atom. The molecule has 0 spiro atoms. The van der Waals surface area contributed by atoms with Crippen LogP contribution in [0.1, 0.15) is 6.17 Å². The lowest BCUT2D eigenvalue weighted by molar-refractivity contribution is 0.787. The van der Waals surface area contributed by atoms with E-state index >= 15 is 0 Å². The Morgan fingerprint density at radius 3 is 1.11 bits per heavy atom. The van der Waals surface area contributed by atoms with Crippen LogP contribution in [0.4, 0.5) is 0 Å². The molecule has 374 valence electrons. The second-order valence-corrected chi connectivity index (χ2v) is 21.2. The lowest BCUT2D eigenvalue weighted by Gasteiger charge is -2.13. The van der Waals surface area contributed by atoms with E-state index in [9.17, 15) is 0 Å². The van der Waals surface area contributed by atoms with Crippen molar-refractivity contribution >= 4 is 109 Å². The number of nitrogens with zero attached hydrogens (tertiary/aromatic N) is 8. The van der Waals surface area contributed by atoms with Crippen LogP contribution in [-0.4, -0.2) is 44.3 Å². The topological polar surface area (TPSA) is 85.3 Å². The fraction of sp³-hybridized carbons (Fsp3) is 0.0282. The molecule has 1 aliphatic rings. The largest absolute Gasteiger partial charge is 0.321 e. The molecular formula is C71H45N9. The van der Waals surface area contributed by atoms with Crippen molar-refractivity contribution in [1.82, 2.24) is 43.1 Å². The van der Waals surface area contributed by atoms with E-state index < -0.39 is 0 Å². The predicted octanol–water partition coefficient (Wildman–Crippen LogP) is 16.8. The van der Waals surface area contributed by atoms with Crippen LogP contribution in [0.5, 0.6) is 0 Å². The van der Waals surface area contributed by atoms with Gasteiger partial charge in [-0.3, -0.25) is 9.88 Å². The van der Waals surface area contributed by atoms with Crippen LogP contribution in [0.3, 0.4) is 0 Å². The van der Waals surface area contributed by atoms with Crippen LogP contribution in [0.2, 0.25) is 0 Å². The summed E-state index contributed by atoms with van der Waals surface area (Å²) in [5, 5.41) is 15.6. The number of fused-ring (bicyclic) bond motifs is 17. The molecule has 0 amide bonds. The second kappa shape index (κ2) is 16.5. The average Bonchev–Trinajstić information content (AvgIpc) is 4.06. The summed E-state index contributed by atoms with van der Waals surface area (Å²) < 4.78 is 12.2. The summed E-state index contributed by atoms with van der Waals surface area (Å²) in [4.78, 5) is 15.9. The molecule has 0 bridgehead atoms. The van der Waals surface area contributed by atoms with Crippen molar-refractivity contribution in [2.24, 2.45) is 0 Å². The first-order chi connectivity index (χ1) is 39.7. The van der Waals surface area contributed by atoms with Gasteiger partial charge in [0, 0.05) is 88.6 Å². The zero-order valence-electron chi connectivity index (χ0n) is 43.0. The first-order valence-corrected chi connectivity index (χ1v) is 27.4. The van der Waals surface area contributed by atoms with Gasteiger partial charge in [0.05, 0.1) is 61.3 Å². The van der Waals surface area contributed by atoms with Gasteiger partial charge in [-0.25, -0.2) is 4.98 Å². The minimum absolute atomic E-state index is 0.214. The fourth-order valence-corrected chi connectivity index (χ4v) is 13.4. The van der Waals surface area contributed by atoms with Crippen LogP contribution >= 0.6 is 0 Å². The van der Waals surface area contributed by atoms with Gasteiger partial charge in [0.25, 0.3) is 0 Å². The van der Waals surface area contributed by atoms with Gasteiger partial charge in [-0.1, -0.05) is 176 Å². The van der Waals surface area contributed by atoms with E-state index in [1.54, 1.807) is 0 Å². The minimum atomic E-state index is 0.214. The summed E-state index contributed by atoms with van der Waals surface area (Å²) in [5.41, 5.74) is 16.5. The molecule has 1 N–H and O–H groups in total. The van der Waals surface area contributed by atoms with Crippen molar-refractivity contribution < 1.29 is 0 Å². The van der Waals surface area contributed by atoms with Gasteiger partial charge in [-0.15, -0.1) is 0 Å². The number of hydrogen-bond donors (Lipinski definition) is 1. The molecule has 9 heteroatoms. The van der Waals surface area contributed by atoms with E-state index in [4.69, 9.17) is 15.0 Å². The van der Waals surface area contributed by atoms with Crippen LogP contribution < -0.4 is 5.32 Å². The highest BCUT2D eigenvalue weighted by Crippen LogP contribution is 2.46. The summed E-state index contributed by atoms with van der Waals surface area (Å²) >= 11 is 0. The maximum absolute atomic E-state index is 5.38. The number of aromatic nitrogens is 8. The zero-order valence-corrected chi connectivity index (χ0v) is 43.0. The summed E-state index contributed by atoms with van der Waals surface area (Å²) in [6, 6.07) is 89.9. The standard InChI is InChI=1S/C71H45N9/c1-4-18-43(19-5-1)69-73-70(44-20-6-2-7-21-44)75-71(74-69)79-62-38-32-46(77-59-29-15-11-25-49(59)53-35-34-52-48-24-10-14-28-58(48)76(65(52)66(53)77)45-22-8-3-9-23-45)40-56(62)57-41-47(33-39-63(57)79)78-60-30-16-12-26-50(60)54-36-37-55-51-27-13-17-31-61(51)80(64-42-72-64)68(55)67(54)78/h1-41,64,72H,42H2/t64-/m0/s1. The van der Waals surface area contributed by atoms with Crippen molar-refractivity contribution in [3.63, 3.8) is 0 Å². The van der Waals surface area contributed by atoms with E-state index in [1.807, 2.05) is 36.4 Å². The Hall–Kier alpha value is -10.6. The van der Waals surface area contributed by atoms with Gasteiger partial charge >= 0.3 is 0 Å². The second-order valence-electron chi connectivity index (χ2n) is 21.2. The smallest absolute Gasteiger partial charge is 0.238 e. The molecule has 17 aromatic rings. The van der Waals surface area contributed by atoms with Gasteiger partial charge in [0.1, 0.15) is 0 Å². The molecular weight excluding hydrogens is 979 g/mol. The van der Waals surface area contributed by atoms with E-state index in [2.05, 4.69) is 240 Å². The Morgan fingerprint density at radius 2 is 0.650 bits per heavy atom. The van der Waals surface area contributed by atoms with Crippen molar-refractivity contribution in [3.8, 4) is 45.8 Å². The third-order valence-corrected chi connectivity index (χ3v) is 16.8. The maximum atomic E-state index is 5.38. The SMILES string of the molecule is c1ccc(-c2nc(-c3ccccc3)nc(-n3c4ccc(-n5c6ccccc6c6ccc7c8ccccc8n(-c8ccccc8)c7c65)cc4c4cc(-n5c6ccccc6c6ccc7c8ccccc8n([C@H]8CN8)c7c65)ccc43)n2)cc1. The quantitative estimate of drug-likeness (QED) is 0.161. The van der Waals surface area contributed by atoms with Crippen molar-refractivity contribution in [1.29, 1.82) is 0 Å². The molecule has 80 heavy (non-hydrogen) atoms. The fourth-order valence-electron chi connectivity index (χ4n) is 13.4. The zero-order chi connectivity index (χ0) is 52.2. The van der Waals surface area contributed by atoms with Gasteiger partial charge in [-0.05, 0) is 72.8 Å². The molecule has 1 aliphatic heterocycles. The molecule has 0 unspecified atom stereocenters. The summed E-state index contributed by atoms with van der Waals surface area (Å²) in [6.45, 7) is 0.930. The van der Waals surface area contributed by atoms with Crippen LogP contribution in [0.25, 0.3) is 155 Å². The third-order valence-electron chi connectivity index (χ3n) is 16.8. The van der Waals surface area contributed by atoms with Crippen molar-refractivity contribution in [2.45, 2.75) is 6.17 Å². The normalized spacial score (nSPS) is 13.8. The number of nitrogens with one attached hydrogen (secondary N) is 1. The summed E-state index contributed by atoms with van der Waals surface area (Å²) in [7, 11) is 0. The highest BCUT2D eigenvalue weighted by Gasteiger charge is 2.30. The molecule has 0 radical (unpaired) electrons.